The van der Waals surface area contributed by atoms with Gasteiger partial charge in [-0.2, -0.15) is 5.10 Å². The standard InChI is InChI=1S/C11H15N5O2/c1-17-10(18-2)6-14-9-4-3-5-13-11(9)16-8-12-7-15-16/h3-5,7-8,10,14H,6H2,1-2H3. The molecule has 2 aromatic heterocycles. The maximum absolute atomic E-state index is 5.11. The third kappa shape index (κ3) is 2.82. The summed E-state index contributed by atoms with van der Waals surface area (Å²) in [7, 11) is 3.19. The van der Waals surface area contributed by atoms with Crippen LogP contribution in [0.4, 0.5) is 5.69 Å². The molecule has 2 rings (SSSR count). The van der Waals surface area contributed by atoms with E-state index in [1.165, 1.54) is 6.33 Å². The second-order valence-corrected chi connectivity index (χ2v) is 3.50. The number of nitrogens with one attached hydrogen (secondary N) is 1. The topological polar surface area (TPSA) is 74.1 Å². The second kappa shape index (κ2) is 6.08. The number of aromatic nitrogens is 4. The van der Waals surface area contributed by atoms with Gasteiger partial charge in [0.25, 0.3) is 0 Å². The summed E-state index contributed by atoms with van der Waals surface area (Å²) in [5.74, 6) is 0.681. The molecule has 7 nitrogen and oxygen atoms in total. The molecule has 0 fully saturated rings. The fourth-order valence-electron chi connectivity index (χ4n) is 1.49. The predicted molar refractivity (Wildman–Crippen MR) is 65.4 cm³/mol. The summed E-state index contributed by atoms with van der Waals surface area (Å²) in [6.07, 6.45) is 4.45. The predicted octanol–water partition coefficient (Wildman–Crippen LogP) is 0.693. The Hall–Kier alpha value is -1.99. The Morgan fingerprint density at radius 2 is 2.22 bits per heavy atom. The summed E-state index contributed by atoms with van der Waals surface area (Å²) in [4.78, 5) is 8.17. The van der Waals surface area contributed by atoms with Gasteiger partial charge in [0.05, 0.1) is 12.2 Å². The van der Waals surface area contributed by atoms with E-state index in [1.54, 1.807) is 31.4 Å². The van der Waals surface area contributed by atoms with Crippen molar-refractivity contribution in [1.82, 2.24) is 19.7 Å². The Kier molecular flexibility index (Phi) is 4.21. The second-order valence-electron chi connectivity index (χ2n) is 3.50. The first-order chi connectivity index (χ1) is 8.85. The zero-order valence-corrected chi connectivity index (χ0v) is 10.3. The van der Waals surface area contributed by atoms with Gasteiger partial charge in [-0.15, -0.1) is 0 Å². The Bertz CT molecular complexity index is 470. The van der Waals surface area contributed by atoms with E-state index >= 15 is 0 Å². The van der Waals surface area contributed by atoms with Crippen molar-refractivity contribution in [2.45, 2.75) is 6.29 Å². The average Bonchev–Trinajstić information content (AvgIpc) is 2.94. The lowest BCUT2D eigenvalue weighted by atomic mass is 10.3. The van der Waals surface area contributed by atoms with E-state index < -0.39 is 0 Å². The van der Waals surface area contributed by atoms with E-state index in [0.717, 1.165) is 5.69 Å². The van der Waals surface area contributed by atoms with Crippen LogP contribution in [0.15, 0.2) is 31.0 Å². The molecule has 0 radical (unpaired) electrons. The highest BCUT2D eigenvalue weighted by molar-refractivity contribution is 5.56. The van der Waals surface area contributed by atoms with Crippen molar-refractivity contribution in [3.63, 3.8) is 0 Å². The molecular weight excluding hydrogens is 234 g/mol. The van der Waals surface area contributed by atoms with Crippen molar-refractivity contribution in [2.24, 2.45) is 0 Å². The number of anilines is 1. The van der Waals surface area contributed by atoms with Crippen LogP contribution in [0.25, 0.3) is 5.82 Å². The van der Waals surface area contributed by atoms with E-state index in [4.69, 9.17) is 9.47 Å². The van der Waals surface area contributed by atoms with Crippen LogP contribution in [0.2, 0.25) is 0 Å². The number of ether oxygens (including phenoxy) is 2. The molecule has 0 spiro atoms. The zero-order chi connectivity index (χ0) is 12.8. The van der Waals surface area contributed by atoms with Crippen LogP contribution in [0.5, 0.6) is 0 Å². The molecule has 2 aromatic rings. The molecule has 2 heterocycles. The normalized spacial score (nSPS) is 10.8. The fourth-order valence-corrected chi connectivity index (χ4v) is 1.49. The van der Waals surface area contributed by atoms with Crippen LogP contribution in [-0.4, -0.2) is 46.8 Å². The first-order valence-electron chi connectivity index (χ1n) is 5.44. The summed E-state index contributed by atoms with van der Waals surface area (Å²) >= 11 is 0. The van der Waals surface area contributed by atoms with Gasteiger partial charge in [0, 0.05) is 20.4 Å². The molecule has 0 amide bonds. The van der Waals surface area contributed by atoms with Gasteiger partial charge in [-0.05, 0) is 12.1 Å². The molecule has 0 unspecified atom stereocenters. The number of pyridine rings is 1. The van der Waals surface area contributed by atoms with Crippen LogP contribution >= 0.6 is 0 Å². The number of rotatable bonds is 6. The van der Waals surface area contributed by atoms with Gasteiger partial charge < -0.3 is 14.8 Å². The maximum atomic E-state index is 5.11. The van der Waals surface area contributed by atoms with Crippen molar-refractivity contribution in [1.29, 1.82) is 0 Å². The minimum atomic E-state index is -0.311. The molecule has 0 bridgehead atoms. The fraction of sp³-hybridized carbons (Fsp3) is 0.364. The van der Waals surface area contributed by atoms with Crippen LogP contribution in [0.3, 0.4) is 0 Å². The zero-order valence-electron chi connectivity index (χ0n) is 10.3. The lowest BCUT2D eigenvalue weighted by molar-refractivity contribution is -0.0914. The Morgan fingerprint density at radius 1 is 1.39 bits per heavy atom. The Labute approximate surface area is 105 Å². The van der Waals surface area contributed by atoms with Gasteiger partial charge in [0.1, 0.15) is 12.7 Å². The molecule has 1 N–H and O–H groups in total. The summed E-state index contributed by atoms with van der Waals surface area (Å²) < 4.78 is 11.8. The monoisotopic (exact) mass is 249 g/mol. The number of hydrogen-bond acceptors (Lipinski definition) is 6. The highest BCUT2D eigenvalue weighted by Crippen LogP contribution is 2.15. The number of hydrogen-bond donors (Lipinski definition) is 1. The third-order valence-electron chi connectivity index (χ3n) is 2.41. The van der Waals surface area contributed by atoms with Crippen molar-refractivity contribution in [2.75, 3.05) is 26.1 Å². The summed E-state index contributed by atoms with van der Waals surface area (Å²) in [5, 5.41) is 7.26. The van der Waals surface area contributed by atoms with Crippen LogP contribution in [0, 0.1) is 0 Å². The Balaban J connectivity index is 2.13. The molecule has 18 heavy (non-hydrogen) atoms. The van der Waals surface area contributed by atoms with Crippen molar-refractivity contribution < 1.29 is 9.47 Å². The smallest absolute Gasteiger partial charge is 0.178 e. The molecule has 96 valence electrons. The quantitative estimate of drug-likeness (QED) is 0.759. The average molecular weight is 249 g/mol. The van der Waals surface area contributed by atoms with E-state index in [9.17, 15) is 0 Å². The van der Waals surface area contributed by atoms with Crippen molar-refractivity contribution >= 4 is 5.69 Å². The van der Waals surface area contributed by atoms with Gasteiger partial charge >= 0.3 is 0 Å². The molecule has 0 saturated carbocycles. The summed E-state index contributed by atoms with van der Waals surface area (Å²) in [6.45, 7) is 0.514. The summed E-state index contributed by atoms with van der Waals surface area (Å²) in [5.41, 5.74) is 0.835. The third-order valence-corrected chi connectivity index (χ3v) is 2.41. The molecule has 0 aromatic carbocycles. The van der Waals surface area contributed by atoms with Crippen LogP contribution in [-0.2, 0) is 9.47 Å². The van der Waals surface area contributed by atoms with Crippen molar-refractivity contribution in [3.8, 4) is 5.82 Å². The largest absolute Gasteiger partial charge is 0.377 e. The van der Waals surface area contributed by atoms with Gasteiger partial charge in [0.2, 0.25) is 0 Å². The lowest BCUT2D eigenvalue weighted by Gasteiger charge is -2.16. The number of nitrogens with zero attached hydrogens (tertiary/aromatic N) is 4. The molecule has 0 aliphatic carbocycles. The van der Waals surface area contributed by atoms with E-state index in [1.807, 2.05) is 12.1 Å². The van der Waals surface area contributed by atoms with Crippen LogP contribution in [0.1, 0.15) is 0 Å². The van der Waals surface area contributed by atoms with E-state index in [2.05, 4.69) is 20.4 Å². The Morgan fingerprint density at radius 3 is 2.89 bits per heavy atom. The molecule has 0 saturated heterocycles. The van der Waals surface area contributed by atoms with Gasteiger partial charge in [0.15, 0.2) is 12.1 Å². The molecular formula is C11H15N5O2. The SMILES string of the molecule is COC(CNc1cccnc1-n1cncn1)OC. The maximum Gasteiger partial charge on any atom is 0.178 e. The lowest BCUT2D eigenvalue weighted by Crippen LogP contribution is -2.24. The molecule has 0 atom stereocenters. The van der Waals surface area contributed by atoms with Gasteiger partial charge in [-0.1, -0.05) is 0 Å². The van der Waals surface area contributed by atoms with E-state index in [0.29, 0.717) is 12.4 Å². The van der Waals surface area contributed by atoms with Crippen LogP contribution < -0.4 is 5.32 Å². The summed E-state index contributed by atoms with van der Waals surface area (Å²) in [6, 6.07) is 3.75. The minimum Gasteiger partial charge on any atom is -0.377 e. The van der Waals surface area contributed by atoms with Gasteiger partial charge in [-0.25, -0.2) is 14.6 Å². The van der Waals surface area contributed by atoms with E-state index in [-0.39, 0.29) is 6.29 Å². The highest BCUT2D eigenvalue weighted by Gasteiger charge is 2.09. The molecule has 7 heteroatoms. The minimum absolute atomic E-state index is 0.311. The van der Waals surface area contributed by atoms with Crippen molar-refractivity contribution in [3.05, 3.63) is 31.0 Å². The first-order valence-corrected chi connectivity index (χ1v) is 5.44. The highest BCUT2D eigenvalue weighted by atomic mass is 16.7. The first kappa shape index (κ1) is 12.5. The molecule has 0 aliphatic rings. The number of methoxy groups -OCH3 is 2. The molecule has 0 aliphatic heterocycles. The van der Waals surface area contributed by atoms with Gasteiger partial charge in [-0.3, -0.25) is 0 Å².